The Morgan fingerprint density at radius 1 is 1.12 bits per heavy atom. The fourth-order valence-corrected chi connectivity index (χ4v) is 3.28. The molecule has 2 aromatic rings. The molecule has 1 heterocycles. The molecule has 1 aliphatic rings. The smallest absolute Gasteiger partial charge is 0.169 e. The number of thiocarbonyl (C=S) groups is 1. The number of rotatable bonds is 7. The quantitative estimate of drug-likeness (QED) is 0.753. The molecule has 0 aromatic heterocycles. The average molecular weight is 371 g/mol. The molecule has 0 aliphatic carbocycles. The molecule has 0 saturated heterocycles. The van der Waals surface area contributed by atoms with E-state index in [0.29, 0.717) is 6.61 Å². The van der Waals surface area contributed by atoms with Gasteiger partial charge in [0.05, 0.1) is 6.54 Å². The lowest BCUT2D eigenvalue weighted by atomic mass is 10.1. The first-order valence-electron chi connectivity index (χ1n) is 9.21. The Bertz CT molecular complexity index is 708. The standard InChI is InChI=1S/C21H26N2O2S/c1-2-14-23(21(26)22-13-12-17-8-4-3-5-9-17)15-18-16-24-19-10-6-7-11-20(19)25-18/h3-11,18H,2,12-16H2,1H3,(H,22,26)/t18-/m1/s1. The predicted molar refractivity (Wildman–Crippen MR) is 109 cm³/mol. The van der Waals surface area contributed by atoms with Gasteiger partial charge in [0.1, 0.15) is 6.61 Å². The Balaban J connectivity index is 1.51. The monoisotopic (exact) mass is 370 g/mol. The second kappa shape index (κ2) is 9.43. The summed E-state index contributed by atoms with van der Waals surface area (Å²) in [6, 6.07) is 18.2. The van der Waals surface area contributed by atoms with Crippen molar-refractivity contribution in [1.82, 2.24) is 10.2 Å². The number of hydrogen-bond donors (Lipinski definition) is 1. The molecule has 3 rings (SSSR count). The maximum atomic E-state index is 6.08. The van der Waals surface area contributed by atoms with Crippen molar-refractivity contribution in [3.05, 3.63) is 60.2 Å². The lowest BCUT2D eigenvalue weighted by Gasteiger charge is -2.32. The molecule has 26 heavy (non-hydrogen) atoms. The molecule has 4 nitrogen and oxygen atoms in total. The Morgan fingerprint density at radius 3 is 2.62 bits per heavy atom. The Hall–Kier alpha value is -2.27. The number of nitrogens with one attached hydrogen (secondary N) is 1. The summed E-state index contributed by atoms with van der Waals surface area (Å²) in [5.41, 5.74) is 1.31. The van der Waals surface area contributed by atoms with Crippen LogP contribution in [0.5, 0.6) is 11.5 Å². The highest BCUT2D eigenvalue weighted by molar-refractivity contribution is 7.80. The number of para-hydroxylation sites is 2. The number of nitrogens with zero attached hydrogens (tertiary/aromatic N) is 1. The van der Waals surface area contributed by atoms with Gasteiger partial charge in [0, 0.05) is 13.1 Å². The molecule has 138 valence electrons. The van der Waals surface area contributed by atoms with E-state index in [1.165, 1.54) is 5.56 Å². The summed E-state index contributed by atoms with van der Waals surface area (Å²) in [6.07, 6.45) is 1.97. The van der Waals surface area contributed by atoms with Gasteiger partial charge in [-0.2, -0.15) is 0 Å². The van der Waals surface area contributed by atoms with Crippen molar-refractivity contribution in [2.45, 2.75) is 25.9 Å². The highest BCUT2D eigenvalue weighted by atomic mass is 32.1. The lowest BCUT2D eigenvalue weighted by molar-refractivity contribution is 0.0740. The van der Waals surface area contributed by atoms with Crippen LogP contribution in [-0.4, -0.2) is 42.4 Å². The molecule has 0 unspecified atom stereocenters. The van der Waals surface area contributed by atoms with Gasteiger partial charge in [-0.15, -0.1) is 0 Å². The summed E-state index contributed by atoms with van der Waals surface area (Å²) in [5, 5.41) is 4.17. The van der Waals surface area contributed by atoms with E-state index in [1.54, 1.807) is 0 Å². The molecule has 1 aliphatic heterocycles. The minimum absolute atomic E-state index is 0.0228. The summed E-state index contributed by atoms with van der Waals surface area (Å²) >= 11 is 5.62. The SMILES string of the molecule is CCCN(C[C@@H]1COc2ccccc2O1)C(=S)NCCc1ccccc1. The zero-order valence-electron chi connectivity index (χ0n) is 15.2. The molecule has 0 bridgehead atoms. The summed E-state index contributed by atoms with van der Waals surface area (Å²) in [6.45, 7) is 5.16. The second-order valence-corrected chi connectivity index (χ2v) is 6.80. The van der Waals surface area contributed by atoms with E-state index < -0.39 is 0 Å². The van der Waals surface area contributed by atoms with Gasteiger partial charge in [-0.25, -0.2) is 0 Å². The van der Waals surface area contributed by atoms with Crippen LogP contribution >= 0.6 is 12.2 Å². The van der Waals surface area contributed by atoms with Crippen LogP contribution in [0.15, 0.2) is 54.6 Å². The van der Waals surface area contributed by atoms with Crippen molar-refractivity contribution < 1.29 is 9.47 Å². The van der Waals surface area contributed by atoms with Crippen molar-refractivity contribution in [3.63, 3.8) is 0 Å². The summed E-state index contributed by atoms with van der Waals surface area (Å²) in [7, 11) is 0. The Labute approximate surface area is 161 Å². The molecule has 0 saturated carbocycles. The summed E-state index contributed by atoms with van der Waals surface area (Å²) in [5.74, 6) is 1.62. The summed E-state index contributed by atoms with van der Waals surface area (Å²) < 4.78 is 11.9. The van der Waals surface area contributed by atoms with E-state index >= 15 is 0 Å². The van der Waals surface area contributed by atoms with Crippen molar-refractivity contribution >= 4 is 17.3 Å². The van der Waals surface area contributed by atoms with E-state index in [4.69, 9.17) is 21.7 Å². The van der Waals surface area contributed by atoms with E-state index in [0.717, 1.165) is 49.1 Å². The van der Waals surface area contributed by atoms with E-state index in [1.807, 2.05) is 30.3 Å². The van der Waals surface area contributed by atoms with Crippen molar-refractivity contribution in [2.75, 3.05) is 26.2 Å². The van der Waals surface area contributed by atoms with Crippen LogP contribution in [0.25, 0.3) is 0 Å². The largest absolute Gasteiger partial charge is 0.486 e. The molecule has 1 atom stereocenters. The molecular formula is C21H26N2O2S. The maximum Gasteiger partial charge on any atom is 0.169 e. The molecule has 0 amide bonds. The number of benzene rings is 2. The number of fused-ring (bicyclic) bond motifs is 1. The van der Waals surface area contributed by atoms with Crippen LogP contribution < -0.4 is 14.8 Å². The first-order valence-corrected chi connectivity index (χ1v) is 9.62. The average Bonchev–Trinajstić information content (AvgIpc) is 2.68. The van der Waals surface area contributed by atoms with E-state index in [-0.39, 0.29) is 6.10 Å². The molecule has 2 aromatic carbocycles. The van der Waals surface area contributed by atoms with Crippen LogP contribution in [0.4, 0.5) is 0 Å². The van der Waals surface area contributed by atoms with E-state index in [9.17, 15) is 0 Å². The zero-order valence-corrected chi connectivity index (χ0v) is 16.0. The number of ether oxygens (including phenoxy) is 2. The van der Waals surface area contributed by atoms with Crippen LogP contribution in [0.3, 0.4) is 0 Å². The first kappa shape index (κ1) is 18.5. The maximum absolute atomic E-state index is 6.08. The van der Waals surface area contributed by atoms with Gasteiger partial charge in [-0.1, -0.05) is 49.4 Å². The third kappa shape index (κ3) is 5.11. The van der Waals surface area contributed by atoms with Crippen LogP contribution in [0, 0.1) is 0 Å². The van der Waals surface area contributed by atoms with Gasteiger partial charge in [0.2, 0.25) is 0 Å². The Kier molecular flexibility index (Phi) is 6.72. The Morgan fingerprint density at radius 2 is 1.85 bits per heavy atom. The van der Waals surface area contributed by atoms with Crippen molar-refractivity contribution in [2.24, 2.45) is 0 Å². The molecule has 5 heteroatoms. The molecular weight excluding hydrogens is 344 g/mol. The highest BCUT2D eigenvalue weighted by Gasteiger charge is 2.23. The van der Waals surface area contributed by atoms with Crippen molar-refractivity contribution in [1.29, 1.82) is 0 Å². The minimum atomic E-state index is -0.0228. The molecule has 0 fully saturated rings. The van der Waals surface area contributed by atoms with E-state index in [2.05, 4.69) is 41.4 Å². The third-order valence-corrected chi connectivity index (χ3v) is 4.71. The highest BCUT2D eigenvalue weighted by Crippen LogP contribution is 2.31. The topological polar surface area (TPSA) is 33.7 Å². The molecule has 0 radical (unpaired) electrons. The summed E-state index contributed by atoms with van der Waals surface area (Å²) in [4.78, 5) is 2.18. The zero-order chi connectivity index (χ0) is 18.2. The molecule has 0 spiro atoms. The van der Waals surface area contributed by atoms with Crippen LogP contribution in [0.1, 0.15) is 18.9 Å². The molecule has 1 N–H and O–H groups in total. The van der Waals surface area contributed by atoms with Gasteiger partial charge in [-0.05, 0) is 42.8 Å². The normalized spacial score (nSPS) is 15.3. The van der Waals surface area contributed by atoms with Gasteiger partial charge in [-0.3, -0.25) is 0 Å². The van der Waals surface area contributed by atoms with Gasteiger partial charge in [0.25, 0.3) is 0 Å². The predicted octanol–water partition coefficient (Wildman–Crippen LogP) is 3.66. The fraction of sp³-hybridized carbons (Fsp3) is 0.381. The minimum Gasteiger partial charge on any atom is -0.486 e. The van der Waals surface area contributed by atoms with Gasteiger partial charge >= 0.3 is 0 Å². The lowest BCUT2D eigenvalue weighted by Crippen LogP contribution is -2.48. The van der Waals surface area contributed by atoms with Crippen LogP contribution in [-0.2, 0) is 6.42 Å². The van der Waals surface area contributed by atoms with Gasteiger partial charge in [0.15, 0.2) is 22.7 Å². The van der Waals surface area contributed by atoms with Crippen molar-refractivity contribution in [3.8, 4) is 11.5 Å². The second-order valence-electron chi connectivity index (χ2n) is 6.41. The third-order valence-electron chi connectivity index (χ3n) is 4.31. The van der Waals surface area contributed by atoms with Gasteiger partial charge < -0.3 is 19.7 Å². The number of hydrogen-bond acceptors (Lipinski definition) is 3. The fourth-order valence-electron chi connectivity index (χ4n) is 3.01. The first-order chi connectivity index (χ1) is 12.8. The van der Waals surface area contributed by atoms with Crippen LogP contribution in [0.2, 0.25) is 0 Å².